The molecule has 1 aliphatic carbocycles. The summed E-state index contributed by atoms with van der Waals surface area (Å²) in [5, 5.41) is 8.30. The first-order valence-electron chi connectivity index (χ1n) is 6.61. The molecule has 0 unspecified atom stereocenters. The minimum absolute atomic E-state index is 0.0769. The molecule has 1 aliphatic rings. The molecule has 2 rings (SSSR count). The van der Waals surface area contributed by atoms with Crippen LogP contribution in [0.3, 0.4) is 0 Å². The molecule has 1 aromatic rings. The van der Waals surface area contributed by atoms with Crippen LogP contribution < -0.4 is 0 Å². The van der Waals surface area contributed by atoms with Crippen LogP contribution in [0.1, 0.15) is 32.1 Å². The van der Waals surface area contributed by atoms with Gasteiger partial charge in [-0.2, -0.15) is 4.31 Å². The van der Waals surface area contributed by atoms with Gasteiger partial charge >= 0.3 is 0 Å². The molecule has 0 atom stereocenters. The fraction of sp³-hybridized carbons (Fsp3) is 0.818. The first-order chi connectivity index (χ1) is 9.48. The van der Waals surface area contributed by atoms with Crippen LogP contribution in [0.15, 0.2) is 9.63 Å². The number of hydrogen-bond donors (Lipinski definition) is 0. The summed E-state index contributed by atoms with van der Waals surface area (Å²) in [4.78, 5) is 0. The number of alkyl halides is 1. The highest BCUT2D eigenvalue weighted by Crippen LogP contribution is 2.29. The van der Waals surface area contributed by atoms with E-state index in [9.17, 15) is 8.42 Å². The zero-order valence-corrected chi connectivity index (χ0v) is 15.3. The molecule has 0 N–H and O–H groups in total. The molecule has 114 valence electrons. The topological polar surface area (TPSA) is 68.1 Å². The predicted molar refractivity (Wildman–Crippen MR) is 83.3 cm³/mol. The summed E-state index contributed by atoms with van der Waals surface area (Å²) in [6.07, 6.45) is 5.22. The Labute approximate surface area is 136 Å². The Kier molecular flexibility index (Phi) is 5.61. The van der Waals surface area contributed by atoms with Gasteiger partial charge in [-0.25, -0.2) is 13.1 Å². The van der Waals surface area contributed by atoms with Crippen molar-refractivity contribution in [2.24, 2.45) is 7.05 Å². The van der Waals surface area contributed by atoms with Gasteiger partial charge in [0.25, 0.3) is 10.0 Å². The lowest BCUT2D eigenvalue weighted by atomic mass is 9.95. The second-order valence-corrected chi connectivity index (χ2v) is 8.26. The molecule has 0 aliphatic heterocycles. The SMILES string of the molecule is Cn1nnc(Br)c1S(=O)(=O)N(CCBr)C1CCCCC1. The van der Waals surface area contributed by atoms with Crippen molar-refractivity contribution in [2.75, 3.05) is 11.9 Å². The maximum absolute atomic E-state index is 12.9. The lowest BCUT2D eigenvalue weighted by Crippen LogP contribution is -2.43. The second kappa shape index (κ2) is 6.85. The molecule has 0 aromatic carbocycles. The van der Waals surface area contributed by atoms with Gasteiger partial charge in [-0.1, -0.05) is 40.4 Å². The Morgan fingerprint density at radius 3 is 2.50 bits per heavy atom. The fourth-order valence-corrected chi connectivity index (χ4v) is 6.00. The van der Waals surface area contributed by atoms with Crippen LogP contribution in [0.5, 0.6) is 0 Å². The Hall–Kier alpha value is 0.01000. The van der Waals surface area contributed by atoms with E-state index in [0.717, 1.165) is 25.7 Å². The van der Waals surface area contributed by atoms with Gasteiger partial charge in [0.15, 0.2) is 4.60 Å². The molecule has 6 nitrogen and oxygen atoms in total. The normalized spacial score (nSPS) is 17.8. The number of nitrogens with zero attached hydrogens (tertiary/aromatic N) is 4. The van der Waals surface area contributed by atoms with Crippen molar-refractivity contribution in [2.45, 2.75) is 43.2 Å². The van der Waals surface area contributed by atoms with Crippen LogP contribution in [0.25, 0.3) is 0 Å². The molecule has 0 amide bonds. The third kappa shape index (κ3) is 3.26. The van der Waals surface area contributed by atoms with Crippen molar-refractivity contribution in [3.63, 3.8) is 0 Å². The van der Waals surface area contributed by atoms with Gasteiger partial charge in [-0.3, -0.25) is 0 Å². The van der Waals surface area contributed by atoms with Crippen molar-refractivity contribution in [1.82, 2.24) is 19.3 Å². The van der Waals surface area contributed by atoms with E-state index in [4.69, 9.17) is 0 Å². The van der Waals surface area contributed by atoms with Crippen LogP contribution in [0.4, 0.5) is 0 Å². The molecule has 1 saturated carbocycles. The Morgan fingerprint density at radius 1 is 1.35 bits per heavy atom. The van der Waals surface area contributed by atoms with Gasteiger partial charge in [0.1, 0.15) is 0 Å². The van der Waals surface area contributed by atoms with Crippen LogP contribution in [0, 0.1) is 0 Å². The minimum atomic E-state index is -3.59. The van der Waals surface area contributed by atoms with Gasteiger partial charge in [0.05, 0.1) is 0 Å². The summed E-state index contributed by atoms with van der Waals surface area (Å²) in [5.74, 6) is 0. The summed E-state index contributed by atoms with van der Waals surface area (Å²) in [6, 6.07) is 0.0769. The Balaban J connectivity index is 2.36. The van der Waals surface area contributed by atoms with Gasteiger partial charge < -0.3 is 0 Å². The largest absolute Gasteiger partial charge is 0.263 e. The average molecular weight is 430 g/mol. The molecule has 0 saturated heterocycles. The summed E-state index contributed by atoms with van der Waals surface area (Å²) >= 11 is 6.54. The third-order valence-corrected chi connectivity index (χ3v) is 6.77. The van der Waals surface area contributed by atoms with E-state index in [1.54, 1.807) is 11.4 Å². The highest BCUT2D eigenvalue weighted by Gasteiger charge is 2.35. The molecule has 9 heteroatoms. The van der Waals surface area contributed by atoms with E-state index in [-0.39, 0.29) is 15.7 Å². The van der Waals surface area contributed by atoms with Crippen molar-refractivity contribution < 1.29 is 8.42 Å². The molecule has 1 aromatic heterocycles. The molecule has 1 heterocycles. The smallest absolute Gasteiger partial charge is 0.235 e. The van der Waals surface area contributed by atoms with Crippen LogP contribution >= 0.6 is 31.9 Å². The summed E-state index contributed by atoms with van der Waals surface area (Å²) in [5.41, 5.74) is 0. The summed E-state index contributed by atoms with van der Waals surface area (Å²) < 4.78 is 29.0. The molecule has 1 fully saturated rings. The number of aryl methyl sites for hydroxylation is 1. The van der Waals surface area contributed by atoms with Crippen molar-refractivity contribution in [3.8, 4) is 0 Å². The van der Waals surface area contributed by atoms with Gasteiger partial charge in [0.2, 0.25) is 5.03 Å². The van der Waals surface area contributed by atoms with E-state index >= 15 is 0 Å². The Bertz CT molecular complexity index is 535. The molecule has 0 radical (unpaired) electrons. The second-order valence-electron chi connectivity index (χ2n) is 4.91. The van der Waals surface area contributed by atoms with Crippen molar-refractivity contribution in [1.29, 1.82) is 0 Å². The molecule has 0 bridgehead atoms. The van der Waals surface area contributed by atoms with E-state index in [0.29, 0.717) is 11.9 Å². The highest BCUT2D eigenvalue weighted by atomic mass is 79.9. The first-order valence-corrected chi connectivity index (χ1v) is 9.97. The lowest BCUT2D eigenvalue weighted by molar-refractivity contribution is 0.261. The Morgan fingerprint density at radius 2 is 2.00 bits per heavy atom. The van der Waals surface area contributed by atoms with E-state index in [2.05, 4.69) is 42.2 Å². The summed E-state index contributed by atoms with van der Waals surface area (Å²) in [6.45, 7) is 0.463. The number of hydrogen-bond acceptors (Lipinski definition) is 4. The lowest BCUT2D eigenvalue weighted by Gasteiger charge is -2.32. The van der Waals surface area contributed by atoms with Gasteiger partial charge in [-0.05, 0) is 28.8 Å². The molecule has 20 heavy (non-hydrogen) atoms. The quantitative estimate of drug-likeness (QED) is 0.673. The first kappa shape index (κ1) is 16.4. The average Bonchev–Trinajstić information content (AvgIpc) is 2.77. The monoisotopic (exact) mass is 428 g/mol. The van der Waals surface area contributed by atoms with Crippen LogP contribution in [-0.4, -0.2) is 45.6 Å². The van der Waals surface area contributed by atoms with Gasteiger partial charge in [-0.15, -0.1) is 5.10 Å². The zero-order valence-electron chi connectivity index (χ0n) is 11.3. The number of sulfonamides is 1. The van der Waals surface area contributed by atoms with E-state index < -0.39 is 10.0 Å². The highest BCUT2D eigenvalue weighted by molar-refractivity contribution is 9.10. The molecule has 0 spiro atoms. The number of rotatable bonds is 5. The van der Waals surface area contributed by atoms with Crippen LogP contribution in [-0.2, 0) is 17.1 Å². The summed E-state index contributed by atoms with van der Waals surface area (Å²) in [7, 11) is -1.99. The standard InChI is InChI=1S/C11H18Br2N4O2S/c1-16-11(10(13)14-15-16)20(18,19)17(8-7-12)9-5-3-2-4-6-9/h9H,2-8H2,1H3. The maximum atomic E-state index is 12.9. The number of aromatic nitrogens is 3. The van der Waals surface area contributed by atoms with Gasteiger partial charge in [0, 0.05) is 25.0 Å². The third-order valence-electron chi connectivity index (χ3n) is 3.58. The maximum Gasteiger partial charge on any atom is 0.263 e. The fourth-order valence-electron chi connectivity index (χ4n) is 2.66. The predicted octanol–water partition coefficient (Wildman–Crippen LogP) is 2.30. The number of halogens is 2. The van der Waals surface area contributed by atoms with Crippen LogP contribution in [0.2, 0.25) is 0 Å². The van der Waals surface area contributed by atoms with Crippen molar-refractivity contribution in [3.05, 3.63) is 4.60 Å². The van der Waals surface area contributed by atoms with E-state index in [1.807, 2.05) is 0 Å². The zero-order chi connectivity index (χ0) is 14.8. The molecular formula is C11H18Br2N4O2S. The minimum Gasteiger partial charge on any atom is -0.235 e. The van der Waals surface area contributed by atoms with Crippen molar-refractivity contribution >= 4 is 41.9 Å². The van der Waals surface area contributed by atoms with E-state index in [1.165, 1.54) is 11.1 Å². The molecular weight excluding hydrogens is 412 g/mol.